The minimum atomic E-state index is -1.35. The summed E-state index contributed by atoms with van der Waals surface area (Å²) in [5, 5.41) is 23.7. The van der Waals surface area contributed by atoms with Gasteiger partial charge >= 0.3 is 0 Å². The largest absolute Gasteiger partial charge is 0.394 e. The molecule has 0 spiro atoms. The quantitative estimate of drug-likeness (QED) is 0.624. The molecule has 9 nitrogen and oxygen atoms in total. The molecule has 138 valence electrons. The van der Waals surface area contributed by atoms with Crippen molar-refractivity contribution in [3.8, 4) is 0 Å². The second-order valence-electron chi connectivity index (χ2n) is 6.42. The number of aliphatic hydroxyl groups excluding tert-OH is 1. The van der Waals surface area contributed by atoms with E-state index in [9.17, 15) is 10.2 Å². The normalized spacial score (nSPS) is 29.4. The van der Waals surface area contributed by atoms with Gasteiger partial charge in [0.05, 0.1) is 12.9 Å². The fourth-order valence-corrected chi connectivity index (χ4v) is 3.30. The topological polar surface area (TPSA) is 115 Å². The predicted molar refractivity (Wildman–Crippen MR) is 91.1 cm³/mol. The summed E-state index contributed by atoms with van der Waals surface area (Å²) in [6.45, 7) is 4.28. The number of rotatable bonds is 7. The van der Waals surface area contributed by atoms with Crippen LogP contribution in [0.1, 0.15) is 32.9 Å². The SMILES string of the molecule is CCCCNc1ncnc2c1ncn2[C@@H]1O[C@H](CO)[C@@H](OC)[C@@]1(C)O. The van der Waals surface area contributed by atoms with Gasteiger partial charge in [0.1, 0.15) is 24.1 Å². The molecule has 0 aliphatic carbocycles. The van der Waals surface area contributed by atoms with Gasteiger partial charge in [-0.1, -0.05) is 13.3 Å². The van der Waals surface area contributed by atoms with Crippen molar-refractivity contribution in [3.63, 3.8) is 0 Å². The van der Waals surface area contributed by atoms with Crippen molar-refractivity contribution in [2.24, 2.45) is 0 Å². The maximum Gasteiger partial charge on any atom is 0.168 e. The van der Waals surface area contributed by atoms with Crippen LogP contribution in [0.4, 0.5) is 5.82 Å². The van der Waals surface area contributed by atoms with Gasteiger partial charge in [-0.15, -0.1) is 0 Å². The zero-order valence-corrected chi connectivity index (χ0v) is 14.7. The van der Waals surface area contributed by atoms with Gasteiger partial charge in [0, 0.05) is 13.7 Å². The highest BCUT2D eigenvalue weighted by Crippen LogP contribution is 2.40. The Bertz CT molecular complexity index is 720. The monoisotopic (exact) mass is 351 g/mol. The highest BCUT2D eigenvalue weighted by molar-refractivity contribution is 5.82. The van der Waals surface area contributed by atoms with E-state index in [4.69, 9.17) is 9.47 Å². The number of aliphatic hydroxyl groups is 2. The van der Waals surface area contributed by atoms with Crippen LogP contribution >= 0.6 is 0 Å². The Balaban J connectivity index is 1.95. The van der Waals surface area contributed by atoms with E-state index < -0.39 is 24.0 Å². The number of fused-ring (bicyclic) bond motifs is 1. The number of nitrogens with zero attached hydrogens (tertiary/aromatic N) is 4. The van der Waals surface area contributed by atoms with Crippen LogP contribution in [0.2, 0.25) is 0 Å². The van der Waals surface area contributed by atoms with Crippen LogP contribution in [0.25, 0.3) is 11.2 Å². The number of anilines is 1. The molecule has 0 unspecified atom stereocenters. The van der Waals surface area contributed by atoms with Crippen LogP contribution in [0.15, 0.2) is 12.7 Å². The number of nitrogens with one attached hydrogen (secondary N) is 1. The maximum atomic E-state index is 10.9. The van der Waals surface area contributed by atoms with Gasteiger partial charge in [0.2, 0.25) is 0 Å². The fourth-order valence-electron chi connectivity index (χ4n) is 3.30. The molecule has 3 N–H and O–H groups in total. The first-order valence-corrected chi connectivity index (χ1v) is 8.47. The fraction of sp³-hybridized carbons (Fsp3) is 0.688. The summed E-state index contributed by atoms with van der Waals surface area (Å²) in [5.41, 5.74) is -0.191. The van der Waals surface area contributed by atoms with E-state index in [1.54, 1.807) is 17.8 Å². The summed E-state index contributed by atoms with van der Waals surface area (Å²) >= 11 is 0. The molecule has 1 fully saturated rings. The summed E-state index contributed by atoms with van der Waals surface area (Å²) in [6, 6.07) is 0. The summed E-state index contributed by atoms with van der Waals surface area (Å²) in [5.74, 6) is 0.650. The van der Waals surface area contributed by atoms with E-state index in [0.717, 1.165) is 19.4 Å². The van der Waals surface area contributed by atoms with Crippen molar-refractivity contribution in [1.82, 2.24) is 19.5 Å². The number of methoxy groups -OCH3 is 1. The standard InChI is InChI=1S/C16H25N5O4/c1-4-5-6-17-13-11-14(19-8-18-13)21(9-20-11)15-16(2,23)12(24-3)10(7-22)25-15/h8-10,12,15,22-23H,4-7H2,1-3H3,(H,17,18,19)/t10-,12-,15-,16-/m1/s1. The maximum absolute atomic E-state index is 10.9. The highest BCUT2D eigenvalue weighted by Gasteiger charge is 2.54. The molecule has 1 aliphatic rings. The summed E-state index contributed by atoms with van der Waals surface area (Å²) in [6.07, 6.45) is 3.05. The third-order valence-electron chi connectivity index (χ3n) is 4.59. The van der Waals surface area contributed by atoms with E-state index in [0.29, 0.717) is 17.0 Å². The molecular weight excluding hydrogens is 326 g/mol. The average Bonchev–Trinajstić information content (AvgIpc) is 3.13. The zero-order valence-electron chi connectivity index (χ0n) is 14.7. The van der Waals surface area contributed by atoms with Gasteiger partial charge in [-0.05, 0) is 13.3 Å². The number of hydrogen-bond donors (Lipinski definition) is 3. The van der Waals surface area contributed by atoms with Crippen molar-refractivity contribution in [3.05, 3.63) is 12.7 Å². The molecule has 3 rings (SSSR count). The lowest BCUT2D eigenvalue weighted by atomic mass is 9.96. The number of ether oxygens (including phenoxy) is 2. The minimum absolute atomic E-state index is 0.253. The van der Waals surface area contributed by atoms with Crippen LogP contribution in [-0.2, 0) is 9.47 Å². The van der Waals surface area contributed by atoms with Crippen molar-refractivity contribution in [1.29, 1.82) is 0 Å². The number of unbranched alkanes of at least 4 members (excludes halogenated alkanes) is 1. The van der Waals surface area contributed by atoms with Crippen LogP contribution in [0.3, 0.4) is 0 Å². The Morgan fingerprint density at radius 3 is 2.84 bits per heavy atom. The van der Waals surface area contributed by atoms with E-state index in [2.05, 4.69) is 27.2 Å². The lowest BCUT2D eigenvalue weighted by Crippen LogP contribution is -2.45. The molecule has 2 aromatic heterocycles. The lowest BCUT2D eigenvalue weighted by molar-refractivity contribution is -0.101. The van der Waals surface area contributed by atoms with Gasteiger partial charge < -0.3 is 25.0 Å². The molecule has 1 aliphatic heterocycles. The molecule has 1 saturated heterocycles. The third-order valence-corrected chi connectivity index (χ3v) is 4.59. The van der Waals surface area contributed by atoms with Crippen molar-refractivity contribution >= 4 is 17.0 Å². The minimum Gasteiger partial charge on any atom is -0.394 e. The van der Waals surface area contributed by atoms with E-state index in [-0.39, 0.29) is 6.61 Å². The second kappa shape index (κ2) is 7.20. The van der Waals surface area contributed by atoms with Crippen molar-refractivity contribution in [2.45, 2.75) is 50.7 Å². The average molecular weight is 351 g/mol. The number of imidazole rings is 1. The highest BCUT2D eigenvalue weighted by atomic mass is 16.6. The number of aromatic nitrogens is 4. The Morgan fingerprint density at radius 1 is 1.40 bits per heavy atom. The zero-order chi connectivity index (χ0) is 18.0. The first-order valence-electron chi connectivity index (χ1n) is 8.47. The third kappa shape index (κ3) is 3.08. The molecule has 25 heavy (non-hydrogen) atoms. The summed E-state index contributed by atoms with van der Waals surface area (Å²) in [4.78, 5) is 12.9. The first-order chi connectivity index (χ1) is 12.0. The molecule has 9 heteroatoms. The summed E-state index contributed by atoms with van der Waals surface area (Å²) in [7, 11) is 1.48. The molecule has 3 heterocycles. The Morgan fingerprint density at radius 2 is 2.20 bits per heavy atom. The van der Waals surface area contributed by atoms with Crippen LogP contribution < -0.4 is 5.32 Å². The van der Waals surface area contributed by atoms with E-state index in [1.165, 1.54) is 13.4 Å². The Kier molecular flexibility index (Phi) is 5.19. The smallest absolute Gasteiger partial charge is 0.168 e. The van der Waals surface area contributed by atoms with E-state index >= 15 is 0 Å². The second-order valence-corrected chi connectivity index (χ2v) is 6.42. The van der Waals surface area contributed by atoms with Crippen LogP contribution in [0.5, 0.6) is 0 Å². The van der Waals surface area contributed by atoms with Gasteiger partial charge in [0.25, 0.3) is 0 Å². The molecule has 0 radical (unpaired) electrons. The van der Waals surface area contributed by atoms with Gasteiger partial charge in [-0.3, -0.25) is 4.57 Å². The predicted octanol–water partition coefficient (Wildman–Crippen LogP) is 0.694. The van der Waals surface area contributed by atoms with Gasteiger partial charge in [0.15, 0.2) is 23.2 Å². The molecule has 0 aromatic carbocycles. The first kappa shape index (κ1) is 18.0. The summed E-state index contributed by atoms with van der Waals surface area (Å²) < 4.78 is 12.8. The van der Waals surface area contributed by atoms with Crippen LogP contribution in [0, 0.1) is 0 Å². The Hall–Kier alpha value is -1.81. The van der Waals surface area contributed by atoms with E-state index in [1.807, 2.05) is 0 Å². The van der Waals surface area contributed by atoms with Gasteiger partial charge in [-0.2, -0.15) is 0 Å². The van der Waals surface area contributed by atoms with Gasteiger partial charge in [-0.25, -0.2) is 15.0 Å². The molecule has 2 aromatic rings. The molecule has 0 bridgehead atoms. The molecule has 0 saturated carbocycles. The van der Waals surface area contributed by atoms with Crippen molar-refractivity contribution in [2.75, 3.05) is 25.6 Å². The molecule has 0 amide bonds. The van der Waals surface area contributed by atoms with Crippen molar-refractivity contribution < 1.29 is 19.7 Å². The molecular formula is C16H25N5O4. The Labute approximate surface area is 146 Å². The molecule has 4 atom stereocenters. The lowest BCUT2D eigenvalue weighted by Gasteiger charge is -2.29. The number of hydrogen-bond acceptors (Lipinski definition) is 8. The van der Waals surface area contributed by atoms with Crippen LogP contribution in [-0.4, -0.2) is 67.8 Å².